The molecule has 94 valence electrons. The minimum absolute atomic E-state index is 0.0620. The van der Waals surface area contributed by atoms with Crippen LogP contribution in [0.2, 0.25) is 0 Å². The van der Waals surface area contributed by atoms with E-state index in [-0.39, 0.29) is 5.69 Å². The van der Waals surface area contributed by atoms with Crippen molar-refractivity contribution in [2.24, 2.45) is 0 Å². The highest BCUT2D eigenvalue weighted by Gasteiger charge is 2.10. The lowest BCUT2D eigenvalue weighted by molar-refractivity contribution is -0.384. The third-order valence-corrected chi connectivity index (χ3v) is 3.32. The van der Waals surface area contributed by atoms with Gasteiger partial charge in [0.2, 0.25) is 0 Å². The van der Waals surface area contributed by atoms with E-state index in [1.54, 1.807) is 6.07 Å². The van der Waals surface area contributed by atoms with E-state index in [2.05, 4.69) is 15.6 Å². The van der Waals surface area contributed by atoms with Gasteiger partial charge in [-0.05, 0) is 25.2 Å². The lowest BCUT2D eigenvalue weighted by atomic mass is 10.3. The van der Waals surface area contributed by atoms with Gasteiger partial charge in [0.15, 0.2) is 10.2 Å². The molecule has 1 heterocycles. The molecule has 2 rings (SSSR count). The third-order valence-electron chi connectivity index (χ3n) is 2.14. The fraction of sp³-hybridized carbons (Fsp3) is 0.200. The fourth-order valence-corrected chi connectivity index (χ4v) is 2.59. The maximum Gasteiger partial charge on any atom is 0.270 e. The minimum Gasteiger partial charge on any atom is -0.363 e. The zero-order chi connectivity index (χ0) is 13.1. The fourth-order valence-electron chi connectivity index (χ4n) is 1.38. The number of hydrogen-bond acceptors (Lipinski definition) is 5. The second-order valence-electron chi connectivity index (χ2n) is 3.41. The summed E-state index contributed by atoms with van der Waals surface area (Å²) in [6.45, 7) is 2.66. The van der Waals surface area contributed by atoms with Crippen molar-refractivity contribution in [1.82, 2.24) is 10.3 Å². The molecule has 1 aromatic carbocycles. The Morgan fingerprint density at radius 1 is 1.61 bits per heavy atom. The van der Waals surface area contributed by atoms with Crippen LogP contribution in [0.1, 0.15) is 6.92 Å². The number of non-ortho nitro benzene ring substituents is 1. The van der Waals surface area contributed by atoms with Crippen molar-refractivity contribution in [3.63, 3.8) is 0 Å². The van der Waals surface area contributed by atoms with E-state index < -0.39 is 4.92 Å². The maximum absolute atomic E-state index is 10.7. The molecule has 0 saturated heterocycles. The molecule has 0 fully saturated rings. The molecule has 2 aromatic rings. The minimum atomic E-state index is -0.421. The summed E-state index contributed by atoms with van der Waals surface area (Å²) in [6, 6.07) is 4.58. The van der Waals surface area contributed by atoms with Gasteiger partial charge in [0.1, 0.15) is 0 Å². The normalized spacial score (nSPS) is 10.3. The molecule has 0 radical (unpaired) electrons. The number of nitrogens with zero attached hydrogens (tertiary/aromatic N) is 2. The van der Waals surface area contributed by atoms with E-state index in [4.69, 9.17) is 12.2 Å². The Hall–Kier alpha value is -1.80. The van der Waals surface area contributed by atoms with Crippen LogP contribution in [0.5, 0.6) is 0 Å². The highest BCUT2D eigenvalue weighted by atomic mass is 32.1. The number of nitro benzene ring substituents is 1. The monoisotopic (exact) mass is 282 g/mol. The Bertz CT molecular complexity index is 611. The number of thiocarbonyl (C=S) groups is 1. The van der Waals surface area contributed by atoms with Crippen LogP contribution in [0.3, 0.4) is 0 Å². The van der Waals surface area contributed by atoms with Crippen LogP contribution in [-0.2, 0) is 0 Å². The van der Waals surface area contributed by atoms with Gasteiger partial charge in [-0.1, -0.05) is 11.3 Å². The molecule has 8 heteroatoms. The van der Waals surface area contributed by atoms with Crippen molar-refractivity contribution in [2.45, 2.75) is 6.92 Å². The van der Waals surface area contributed by atoms with Crippen LogP contribution in [-0.4, -0.2) is 21.6 Å². The Morgan fingerprint density at radius 3 is 3.06 bits per heavy atom. The largest absolute Gasteiger partial charge is 0.363 e. The third kappa shape index (κ3) is 2.71. The van der Waals surface area contributed by atoms with Crippen LogP contribution in [0.4, 0.5) is 10.8 Å². The van der Waals surface area contributed by atoms with Gasteiger partial charge in [0, 0.05) is 18.7 Å². The first kappa shape index (κ1) is 12.7. The molecule has 0 saturated carbocycles. The molecule has 0 spiro atoms. The molecule has 0 aliphatic carbocycles. The van der Waals surface area contributed by atoms with Crippen LogP contribution in [0, 0.1) is 10.1 Å². The summed E-state index contributed by atoms with van der Waals surface area (Å²) in [7, 11) is 0. The molecule has 0 aliphatic rings. The molecule has 18 heavy (non-hydrogen) atoms. The van der Waals surface area contributed by atoms with Gasteiger partial charge in [-0.3, -0.25) is 10.1 Å². The smallest absolute Gasteiger partial charge is 0.270 e. The summed E-state index contributed by atoms with van der Waals surface area (Å²) in [5.74, 6) is 0. The molecule has 2 N–H and O–H groups in total. The standard InChI is InChI=1S/C10H10N4O2S2/c1-2-11-9(17)13-10-12-7-4-3-6(14(15)16)5-8(7)18-10/h3-5H,2H2,1H3,(H2,11,12,13,17). The Labute approximate surface area is 112 Å². The van der Waals surface area contributed by atoms with Gasteiger partial charge < -0.3 is 10.6 Å². The summed E-state index contributed by atoms with van der Waals surface area (Å²) in [5, 5.41) is 17.7. The van der Waals surface area contributed by atoms with Gasteiger partial charge in [0.25, 0.3) is 5.69 Å². The van der Waals surface area contributed by atoms with Crippen LogP contribution in [0.25, 0.3) is 10.2 Å². The van der Waals surface area contributed by atoms with Gasteiger partial charge in [-0.2, -0.15) is 0 Å². The summed E-state index contributed by atoms with van der Waals surface area (Å²) in [4.78, 5) is 14.5. The summed E-state index contributed by atoms with van der Waals surface area (Å²) < 4.78 is 0.756. The molecular formula is C10H10N4O2S2. The Kier molecular flexibility index (Phi) is 3.68. The van der Waals surface area contributed by atoms with E-state index >= 15 is 0 Å². The van der Waals surface area contributed by atoms with Gasteiger partial charge in [0.05, 0.1) is 15.1 Å². The molecule has 6 nitrogen and oxygen atoms in total. The van der Waals surface area contributed by atoms with Crippen molar-refractivity contribution >= 4 is 49.7 Å². The number of rotatable bonds is 3. The number of thiazole rings is 1. The van der Waals surface area contributed by atoms with E-state index in [1.807, 2.05) is 6.92 Å². The molecular weight excluding hydrogens is 272 g/mol. The Morgan fingerprint density at radius 2 is 2.39 bits per heavy atom. The van der Waals surface area contributed by atoms with Crippen LogP contribution in [0.15, 0.2) is 18.2 Å². The van der Waals surface area contributed by atoms with Gasteiger partial charge in [-0.25, -0.2) is 4.98 Å². The zero-order valence-electron chi connectivity index (χ0n) is 9.47. The highest BCUT2D eigenvalue weighted by molar-refractivity contribution is 7.80. The summed E-state index contributed by atoms with van der Waals surface area (Å²) in [5.41, 5.74) is 0.777. The van der Waals surface area contributed by atoms with Crippen molar-refractivity contribution < 1.29 is 4.92 Å². The number of anilines is 1. The number of benzene rings is 1. The maximum atomic E-state index is 10.7. The zero-order valence-corrected chi connectivity index (χ0v) is 11.1. The lowest BCUT2D eigenvalue weighted by Crippen LogP contribution is -2.27. The first-order valence-corrected chi connectivity index (χ1v) is 6.42. The molecule has 0 bridgehead atoms. The van der Waals surface area contributed by atoms with Crippen molar-refractivity contribution in [3.8, 4) is 0 Å². The number of hydrogen-bond donors (Lipinski definition) is 2. The van der Waals surface area contributed by atoms with Crippen molar-refractivity contribution in [3.05, 3.63) is 28.3 Å². The number of nitrogens with one attached hydrogen (secondary N) is 2. The lowest BCUT2D eigenvalue weighted by Gasteiger charge is -2.04. The summed E-state index contributed by atoms with van der Waals surface area (Å²) >= 11 is 6.37. The quantitative estimate of drug-likeness (QED) is 0.511. The van der Waals surface area contributed by atoms with E-state index in [0.29, 0.717) is 15.8 Å². The van der Waals surface area contributed by atoms with Gasteiger partial charge >= 0.3 is 0 Å². The SMILES string of the molecule is CCNC(=S)Nc1nc2ccc([N+](=O)[O-])cc2s1. The van der Waals surface area contributed by atoms with Crippen LogP contribution < -0.4 is 10.6 Å². The predicted octanol–water partition coefficient (Wildman–Crippen LogP) is 2.51. The number of nitro groups is 1. The number of aromatic nitrogens is 1. The predicted molar refractivity (Wildman–Crippen MR) is 76.2 cm³/mol. The second kappa shape index (κ2) is 5.23. The Balaban J connectivity index is 2.27. The first-order chi connectivity index (χ1) is 8.60. The average Bonchev–Trinajstić information content (AvgIpc) is 2.69. The summed E-state index contributed by atoms with van der Waals surface area (Å²) in [6.07, 6.45) is 0. The average molecular weight is 282 g/mol. The molecule has 0 amide bonds. The molecule has 0 aliphatic heterocycles. The topological polar surface area (TPSA) is 80.1 Å². The molecule has 1 aromatic heterocycles. The molecule has 0 atom stereocenters. The van der Waals surface area contributed by atoms with Gasteiger partial charge in [-0.15, -0.1) is 0 Å². The number of fused-ring (bicyclic) bond motifs is 1. The van der Waals surface area contributed by atoms with E-state index in [9.17, 15) is 10.1 Å². The van der Waals surface area contributed by atoms with Crippen molar-refractivity contribution in [1.29, 1.82) is 0 Å². The second-order valence-corrected chi connectivity index (χ2v) is 4.85. The van der Waals surface area contributed by atoms with Crippen LogP contribution >= 0.6 is 23.6 Å². The first-order valence-electron chi connectivity index (χ1n) is 5.20. The van der Waals surface area contributed by atoms with E-state index in [1.165, 1.54) is 23.5 Å². The highest BCUT2D eigenvalue weighted by Crippen LogP contribution is 2.28. The van der Waals surface area contributed by atoms with Crippen molar-refractivity contribution in [2.75, 3.05) is 11.9 Å². The van der Waals surface area contributed by atoms with E-state index in [0.717, 1.165) is 11.2 Å². The molecule has 0 unspecified atom stereocenters.